The lowest BCUT2D eigenvalue weighted by molar-refractivity contribution is -0.142. The number of methoxy groups -OCH3 is 1. The predicted octanol–water partition coefficient (Wildman–Crippen LogP) is 2.97. The van der Waals surface area contributed by atoms with E-state index in [2.05, 4.69) is 15.3 Å². The molecule has 1 N–H and O–H groups in total. The van der Waals surface area contributed by atoms with Crippen molar-refractivity contribution in [2.45, 2.75) is 13.5 Å². The fraction of sp³-hybridized carbons (Fsp3) is 0.412. The molecule has 2 heterocycles. The van der Waals surface area contributed by atoms with E-state index < -0.39 is 5.97 Å². The first-order valence-electron chi connectivity index (χ1n) is 7.61. The number of nitrogens with zero attached hydrogens (tertiary/aromatic N) is 2. The minimum absolute atomic E-state index is 0.187. The topological polar surface area (TPSA) is 62.7 Å². The highest BCUT2D eigenvalue weighted by atomic mass is 32.1. The monoisotopic (exact) mass is 332 g/mol. The second kappa shape index (κ2) is 6.68. The highest BCUT2D eigenvalue weighted by Crippen LogP contribution is 2.28. The molecule has 23 heavy (non-hydrogen) atoms. The molecular weight excluding hydrogens is 312 g/mol. The van der Waals surface area contributed by atoms with E-state index in [-0.39, 0.29) is 11.8 Å². The van der Waals surface area contributed by atoms with Crippen LogP contribution in [-0.2, 0) is 11.3 Å². The van der Waals surface area contributed by atoms with Gasteiger partial charge in [-0.2, -0.15) is 0 Å². The minimum Gasteiger partial charge on any atom is -0.497 e. The van der Waals surface area contributed by atoms with Gasteiger partial charge in [-0.25, -0.2) is 4.98 Å². The van der Waals surface area contributed by atoms with Crippen LogP contribution in [0.25, 0.3) is 10.6 Å². The molecule has 3 rings (SSSR count). The number of aliphatic carboxylic acids is 1. The molecule has 122 valence electrons. The Kier molecular flexibility index (Phi) is 4.63. The molecular formula is C17H20N2O3S. The van der Waals surface area contributed by atoms with Crippen LogP contribution in [0.5, 0.6) is 5.75 Å². The molecule has 0 bridgehead atoms. The summed E-state index contributed by atoms with van der Waals surface area (Å²) >= 11 is 1.61. The Morgan fingerprint density at radius 3 is 2.74 bits per heavy atom. The number of likely N-dealkylation sites (tertiary alicyclic amines) is 1. The minimum atomic E-state index is -0.697. The highest BCUT2D eigenvalue weighted by molar-refractivity contribution is 7.13. The lowest BCUT2D eigenvalue weighted by Gasteiger charge is -2.13. The predicted molar refractivity (Wildman–Crippen MR) is 89.7 cm³/mol. The summed E-state index contributed by atoms with van der Waals surface area (Å²) in [6, 6.07) is 7.85. The van der Waals surface area contributed by atoms with Gasteiger partial charge in [-0.15, -0.1) is 11.3 Å². The van der Waals surface area contributed by atoms with Crippen LogP contribution in [-0.4, -0.2) is 41.2 Å². The summed E-state index contributed by atoms with van der Waals surface area (Å²) in [5, 5.41) is 12.2. The third-order valence-corrected chi connectivity index (χ3v) is 5.22. The average molecular weight is 332 g/mol. The maximum Gasteiger partial charge on any atom is 0.308 e. The van der Waals surface area contributed by atoms with Crippen LogP contribution in [0.4, 0.5) is 0 Å². The molecule has 0 unspecified atom stereocenters. The molecule has 1 aromatic carbocycles. The zero-order valence-corrected chi connectivity index (χ0v) is 14.0. The van der Waals surface area contributed by atoms with Crippen molar-refractivity contribution in [3.8, 4) is 16.3 Å². The summed E-state index contributed by atoms with van der Waals surface area (Å²) in [5.74, 6) is 0.0513. The molecule has 0 saturated carbocycles. The van der Waals surface area contributed by atoms with Crippen molar-refractivity contribution in [1.29, 1.82) is 0 Å². The number of carboxylic acid groups (broad SMARTS) is 1. The van der Waals surface area contributed by atoms with Gasteiger partial charge in [0.2, 0.25) is 0 Å². The molecule has 1 aliphatic heterocycles. The Bertz CT molecular complexity index is 683. The summed E-state index contributed by atoms with van der Waals surface area (Å²) < 4.78 is 5.17. The number of rotatable bonds is 5. The van der Waals surface area contributed by atoms with Gasteiger partial charge in [0.15, 0.2) is 0 Å². The Balaban J connectivity index is 1.66. The molecule has 1 saturated heterocycles. The van der Waals surface area contributed by atoms with E-state index in [0.717, 1.165) is 28.6 Å². The highest BCUT2D eigenvalue weighted by Gasteiger charge is 2.34. The normalized spacial score (nSPS) is 21.5. The van der Waals surface area contributed by atoms with Crippen molar-refractivity contribution in [3.05, 3.63) is 35.3 Å². The molecule has 1 aliphatic rings. The Morgan fingerprint density at radius 1 is 1.39 bits per heavy atom. The van der Waals surface area contributed by atoms with E-state index >= 15 is 0 Å². The van der Waals surface area contributed by atoms with Gasteiger partial charge in [-0.05, 0) is 30.2 Å². The van der Waals surface area contributed by atoms with Gasteiger partial charge in [0.1, 0.15) is 10.8 Å². The molecule has 6 heteroatoms. The Hall–Kier alpha value is -1.92. The number of aromatic nitrogens is 1. The first-order valence-corrected chi connectivity index (χ1v) is 8.48. The van der Waals surface area contributed by atoms with Gasteiger partial charge in [-0.1, -0.05) is 6.92 Å². The average Bonchev–Trinajstić information content (AvgIpc) is 3.14. The number of hydrogen-bond donors (Lipinski definition) is 1. The van der Waals surface area contributed by atoms with Crippen molar-refractivity contribution in [1.82, 2.24) is 9.88 Å². The molecule has 2 atom stereocenters. The standard InChI is InChI=1S/C17H20N2O3S/c1-11-7-19(9-15(11)17(20)21)8-13-10-23-16(18-13)12-3-5-14(22-2)6-4-12/h3-6,10-11,15H,7-9H2,1-2H3,(H,20,21)/t11-,15-/m1/s1. The summed E-state index contributed by atoms with van der Waals surface area (Å²) in [5.41, 5.74) is 2.07. The van der Waals surface area contributed by atoms with Crippen molar-refractivity contribution in [3.63, 3.8) is 0 Å². The van der Waals surface area contributed by atoms with E-state index in [9.17, 15) is 9.90 Å². The fourth-order valence-corrected chi connectivity index (χ4v) is 3.81. The maximum atomic E-state index is 11.2. The SMILES string of the molecule is COc1ccc(-c2nc(CN3C[C@@H](C)[C@H](C(=O)O)C3)cs2)cc1. The maximum absolute atomic E-state index is 11.2. The largest absolute Gasteiger partial charge is 0.497 e. The van der Waals surface area contributed by atoms with Crippen LogP contribution >= 0.6 is 11.3 Å². The van der Waals surface area contributed by atoms with Gasteiger partial charge < -0.3 is 9.84 Å². The van der Waals surface area contributed by atoms with Gasteiger partial charge in [0.05, 0.1) is 18.7 Å². The molecule has 5 nitrogen and oxygen atoms in total. The Labute approximate surface area is 139 Å². The molecule has 1 fully saturated rings. The molecule has 0 radical (unpaired) electrons. The van der Waals surface area contributed by atoms with Crippen molar-refractivity contribution < 1.29 is 14.6 Å². The van der Waals surface area contributed by atoms with Crippen LogP contribution in [0.15, 0.2) is 29.6 Å². The van der Waals surface area contributed by atoms with Crippen LogP contribution < -0.4 is 4.74 Å². The summed E-state index contributed by atoms with van der Waals surface area (Å²) in [6.07, 6.45) is 0. The fourth-order valence-electron chi connectivity index (χ4n) is 2.99. The van der Waals surface area contributed by atoms with Crippen LogP contribution in [0.2, 0.25) is 0 Å². The second-order valence-corrected chi connectivity index (χ2v) is 6.85. The van der Waals surface area contributed by atoms with E-state index in [1.807, 2.05) is 31.2 Å². The van der Waals surface area contributed by atoms with E-state index in [1.54, 1.807) is 18.4 Å². The summed E-state index contributed by atoms with van der Waals surface area (Å²) in [6.45, 7) is 4.13. The first-order chi connectivity index (χ1) is 11.1. The molecule has 0 amide bonds. The number of carbonyl (C=O) groups is 1. The van der Waals surface area contributed by atoms with Gasteiger partial charge >= 0.3 is 5.97 Å². The number of benzene rings is 1. The third-order valence-electron chi connectivity index (χ3n) is 4.28. The lowest BCUT2D eigenvalue weighted by Crippen LogP contribution is -2.23. The van der Waals surface area contributed by atoms with Crippen molar-refractivity contribution in [2.75, 3.05) is 20.2 Å². The molecule has 0 aliphatic carbocycles. The number of hydrogen-bond acceptors (Lipinski definition) is 5. The zero-order chi connectivity index (χ0) is 16.4. The van der Waals surface area contributed by atoms with Gasteiger partial charge in [0, 0.05) is 30.6 Å². The van der Waals surface area contributed by atoms with Gasteiger partial charge in [0.25, 0.3) is 0 Å². The smallest absolute Gasteiger partial charge is 0.308 e. The Morgan fingerprint density at radius 2 is 2.13 bits per heavy atom. The molecule has 1 aromatic heterocycles. The molecule has 2 aromatic rings. The second-order valence-electron chi connectivity index (χ2n) is 5.99. The first kappa shape index (κ1) is 16.0. The van der Waals surface area contributed by atoms with Gasteiger partial charge in [-0.3, -0.25) is 9.69 Å². The third kappa shape index (κ3) is 3.54. The lowest BCUT2D eigenvalue weighted by atomic mass is 9.99. The number of thiazole rings is 1. The van der Waals surface area contributed by atoms with E-state index in [1.165, 1.54) is 0 Å². The van der Waals surface area contributed by atoms with Crippen LogP contribution in [0.3, 0.4) is 0 Å². The van der Waals surface area contributed by atoms with E-state index in [4.69, 9.17) is 4.74 Å². The van der Waals surface area contributed by atoms with Crippen molar-refractivity contribution in [2.24, 2.45) is 11.8 Å². The van der Waals surface area contributed by atoms with Crippen LogP contribution in [0.1, 0.15) is 12.6 Å². The quantitative estimate of drug-likeness (QED) is 0.912. The van der Waals surface area contributed by atoms with E-state index in [0.29, 0.717) is 13.1 Å². The number of ether oxygens (including phenoxy) is 1. The summed E-state index contributed by atoms with van der Waals surface area (Å²) in [7, 11) is 1.65. The summed E-state index contributed by atoms with van der Waals surface area (Å²) in [4.78, 5) is 18.1. The van der Waals surface area contributed by atoms with Crippen LogP contribution in [0, 0.1) is 11.8 Å². The number of carboxylic acids is 1. The molecule has 0 spiro atoms. The zero-order valence-electron chi connectivity index (χ0n) is 13.2. The van der Waals surface area contributed by atoms with Crippen molar-refractivity contribution >= 4 is 17.3 Å².